The molecule has 0 saturated carbocycles. The number of nitrogens with zero attached hydrogens (tertiary/aromatic N) is 1. The van der Waals surface area contributed by atoms with Crippen LogP contribution in [-0.4, -0.2) is 18.9 Å². The van der Waals surface area contributed by atoms with E-state index in [2.05, 4.69) is 24.5 Å². The molecule has 2 N–H and O–H groups in total. The standard InChI is InChI=1S/C29H27Cl2N3O3/c1-29(2)15-23-26(25(35)16-29)27(17-7-6-8-19(13-17)37-3)34(24-10-5-4-9-22(24)33-23)28(36)32-18-11-12-20(30)21(31)14-18/h4-14,27,33H,15-16H2,1-3H3,(H,32,36)/t27-/m0/s1. The van der Waals surface area contributed by atoms with Crippen LogP contribution >= 0.6 is 23.2 Å². The molecule has 1 atom stereocenters. The molecule has 0 aromatic heterocycles. The van der Waals surface area contributed by atoms with Crippen molar-refractivity contribution < 1.29 is 14.3 Å². The molecule has 1 aliphatic carbocycles. The first-order chi connectivity index (χ1) is 17.7. The van der Waals surface area contributed by atoms with Gasteiger partial charge < -0.3 is 15.4 Å². The molecular weight excluding hydrogens is 509 g/mol. The molecule has 0 fully saturated rings. The summed E-state index contributed by atoms with van der Waals surface area (Å²) in [6, 6.07) is 18.9. The summed E-state index contributed by atoms with van der Waals surface area (Å²) in [5.74, 6) is 0.644. The number of halogens is 2. The summed E-state index contributed by atoms with van der Waals surface area (Å²) in [6.45, 7) is 4.17. The first-order valence-corrected chi connectivity index (χ1v) is 12.7. The summed E-state index contributed by atoms with van der Waals surface area (Å²) in [4.78, 5) is 29.5. The van der Waals surface area contributed by atoms with E-state index in [1.165, 1.54) is 0 Å². The summed E-state index contributed by atoms with van der Waals surface area (Å²) < 4.78 is 5.50. The van der Waals surface area contributed by atoms with Crippen LogP contribution < -0.4 is 20.3 Å². The van der Waals surface area contributed by atoms with E-state index in [1.807, 2.05) is 48.5 Å². The molecule has 0 spiro atoms. The third kappa shape index (κ3) is 4.91. The molecule has 5 rings (SSSR count). The van der Waals surface area contributed by atoms with Crippen molar-refractivity contribution in [3.8, 4) is 5.75 Å². The second-order valence-corrected chi connectivity index (χ2v) is 10.9. The summed E-state index contributed by atoms with van der Waals surface area (Å²) in [6.07, 6.45) is 1.05. The molecule has 2 amide bonds. The number of hydrogen-bond donors (Lipinski definition) is 2. The predicted molar refractivity (Wildman–Crippen MR) is 149 cm³/mol. The number of carbonyl (C=O) groups excluding carboxylic acids is 2. The predicted octanol–water partition coefficient (Wildman–Crippen LogP) is 7.85. The normalized spacial score (nSPS) is 18.4. The second kappa shape index (κ2) is 9.77. The SMILES string of the molecule is COc1cccc([C@H]2C3=C(CC(C)(C)CC3=O)Nc3ccccc3N2C(=O)Nc2ccc(Cl)c(Cl)c2)c1. The zero-order chi connectivity index (χ0) is 26.3. The van der Waals surface area contributed by atoms with Gasteiger partial charge in [-0.3, -0.25) is 9.69 Å². The van der Waals surface area contributed by atoms with Crippen molar-refractivity contribution in [1.29, 1.82) is 0 Å². The van der Waals surface area contributed by atoms with Gasteiger partial charge in [-0.25, -0.2) is 4.79 Å². The van der Waals surface area contributed by atoms with Crippen molar-refractivity contribution >= 4 is 52.1 Å². The van der Waals surface area contributed by atoms with E-state index >= 15 is 0 Å². The number of ketones is 1. The van der Waals surface area contributed by atoms with E-state index in [-0.39, 0.29) is 11.2 Å². The third-order valence-electron chi connectivity index (χ3n) is 6.70. The molecule has 3 aromatic rings. The van der Waals surface area contributed by atoms with Crippen LogP contribution in [0.3, 0.4) is 0 Å². The molecule has 2 aliphatic rings. The van der Waals surface area contributed by atoms with Crippen molar-refractivity contribution in [3.05, 3.63) is 93.6 Å². The number of rotatable bonds is 3. The Balaban J connectivity index is 1.71. The van der Waals surface area contributed by atoms with Gasteiger partial charge in [-0.2, -0.15) is 0 Å². The number of nitrogens with one attached hydrogen (secondary N) is 2. The number of fused-ring (bicyclic) bond motifs is 1. The van der Waals surface area contributed by atoms with Crippen molar-refractivity contribution in [2.45, 2.75) is 32.7 Å². The Bertz CT molecular complexity index is 1430. The maximum Gasteiger partial charge on any atom is 0.327 e. The van der Waals surface area contributed by atoms with Gasteiger partial charge in [0.25, 0.3) is 0 Å². The Kier molecular flexibility index (Phi) is 6.65. The van der Waals surface area contributed by atoms with Gasteiger partial charge >= 0.3 is 6.03 Å². The minimum atomic E-state index is -0.687. The summed E-state index contributed by atoms with van der Waals surface area (Å²) in [7, 11) is 1.59. The first kappa shape index (κ1) is 25.2. The fourth-order valence-electron chi connectivity index (χ4n) is 5.10. The number of ether oxygens (including phenoxy) is 1. The molecule has 8 heteroatoms. The van der Waals surface area contributed by atoms with E-state index in [1.54, 1.807) is 30.2 Å². The van der Waals surface area contributed by atoms with Gasteiger partial charge in [0, 0.05) is 23.4 Å². The van der Waals surface area contributed by atoms with Gasteiger partial charge in [0.1, 0.15) is 5.75 Å². The van der Waals surface area contributed by atoms with Gasteiger partial charge in [0.2, 0.25) is 0 Å². The molecule has 0 bridgehead atoms. The first-order valence-electron chi connectivity index (χ1n) is 12.0. The van der Waals surface area contributed by atoms with E-state index in [9.17, 15) is 9.59 Å². The van der Waals surface area contributed by atoms with E-state index in [4.69, 9.17) is 27.9 Å². The second-order valence-electron chi connectivity index (χ2n) is 10.1. The largest absolute Gasteiger partial charge is 0.497 e. The molecule has 190 valence electrons. The number of urea groups is 1. The van der Waals surface area contributed by atoms with Crippen LogP contribution in [0.25, 0.3) is 0 Å². The monoisotopic (exact) mass is 535 g/mol. The number of allylic oxidation sites excluding steroid dienone is 1. The van der Waals surface area contributed by atoms with Crippen molar-refractivity contribution in [2.24, 2.45) is 5.41 Å². The Morgan fingerprint density at radius 1 is 1.03 bits per heavy atom. The molecule has 0 saturated heterocycles. The minimum Gasteiger partial charge on any atom is -0.497 e. The average molecular weight is 536 g/mol. The number of benzene rings is 3. The highest BCUT2D eigenvalue weighted by Gasteiger charge is 2.43. The van der Waals surface area contributed by atoms with Crippen LogP contribution in [0.2, 0.25) is 10.0 Å². The molecule has 1 aliphatic heterocycles. The van der Waals surface area contributed by atoms with Gasteiger partial charge in [0.05, 0.1) is 34.6 Å². The van der Waals surface area contributed by atoms with Crippen LogP contribution in [0.4, 0.5) is 21.9 Å². The van der Waals surface area contributed by atoms with Gasteiger partial charge in [-0.05, 0) is 59.9 Å². The van der Waals surface area contributed by atoms with Crippen molar-refractivity contribution in [1.82, 2.24) is 0 Å². The van der Waals surface area contributed by atoms with E-state index in [0.717, 1.165) is 16.9 Å². The highest BCUT2D eigenvalue weighted by Crippen LogP contribution is 2.48. The molecule has 6 nitrogen and oxygen atoms in total. The molecule has 0 radical (unpaired) electrons. The van der Waals surface area contributed by atoms with Crippen LogP contribution in [0.1, 0.15) is 38.3 Å². The molecule has 3 aromatic carbocycles. The highest BCUT2D eigenvalue weighted by molar-refractivity contribution is 6.42. The van der Waals surface area contributed by atoms with Crippen molar-refractivity contribution in [3.63, 3.8) is 0 Å². The number of Topliss-reactive ketones (excluding diaryl/α,β-unsaturated/α-hetero) is 1. The topological polar surface area (TPSA) is 70.7 Å². The molecule has 0 unspecified atom stereocenters. The number of anilines is 3. The van der Waals surface area contributed by atoms with Gasteiger partial charge in [-0.15, -0.1) is 0 Å². The number of methoxy groups -OCH3 is 1. The summed E-state index contributed by atoms with van der Waals surface area (Å²) >= 11 is 12.3. The lowest BCUT2D eigenvalue weighted by atomic mass is 9.73. The number of hydrogen-bond acceptors (Lipinski definition) is 4. The Morgan fingerprint density at radius 3 is 2.57 bits per heavy atom. The van der Waals surface area contributed by atoms with Crippen LogP contribution in [-0.2, 0) is 4.79 Å². The van der Waals surface area contributed by atoms with E-state index in [0.29, 0.717) is 45.6 Å². The fraction of sp³-hybridized carbons (Fsp3) is 0.241. The number of carbonyl (C=O) groups is 2. The van der Waals surface area contributed by atoms with Crippen LogP contribution in [0.15, 0.2) is 78.0 Å². The van der Waals surface area contributed by atoms with Crippen LogP contribution in [0, 0.1) is 5.41 Å². The fourth-order valence-corrected chi connectivity index (χ4v) is 5.39. The quantitative estimate of drug-likeness (QED) is 0.358. The summed E-state index contributed by atoms with van der Waals surface area (Å²) in [5.41, 5.74) is 3.84. The summed E-state index contributed by atoms with van der Waals surface area (Å²) in [5, 5.41) is 7.18. The maximum absolute atomic E-state index is 14.1. The van der Waals surface area contributed by atoms with Gasteiger partial charge in [0.15, 0.2) is 5.78 Å². The maximum atomic E-state index is 14.1. The zero-order valence-corrected chi connectivity index (χ0v) is 22.3. The molecule has 1 heterocycles. The zero-order valence-electron chi connectivity index (χ0n) is 20.8. The lowest BCUT2D eigenvalue weighted by Gasteiger charge is -2.37. The lowest BCUT2D eigenvalue weighted by Crippen LogP contribution is -2.41. The van der Waals surface area contributed by atoms with Crippen molar-refractivity contribution in [2.75, 3.05) is 22.6 Å². The smallest absolute Gasteiger partial charge is 0.327 e. The molecular formula is C29H27Cl2N3O3. The number of amides is 2. The third-order valence-corrected chi connectivity index (χ3v) is 7.44. The molecule has 37 heavy (non-hydrogen) atoms. The Labute approximate surface area is 226 Å². The minimum absolute atomic E-state index is 0.00622. The number of para-hydroxylation sites is 2. The lowest BCUT2D eigenvalue weighted by molar-refractivity contribution is -0.118. The Hall–Kier alpha value is -3.48. The Morgan fingerprint density at radius 2 is 1.81 bits per heavy atom. The highest BCUT2D eigenvalue weighted by atomic mass is 35.5. The van der Waals surface area contributed by atoms with Gasteiger partial charge in [-0.1, -0.05) is 61.3 Å². The van der Waals surface area contributed by atoms with Crippen LogP contribution in [0.5, 0.6) is 5.75 Å². The average Bonchev–Trinajstić information content (AvgIpc) is 3.00. The van der Waals surface area contributed by atoms with E-state index < -0.39 is 12.1 Å².